The van der Waals surface area contributed by atoms with Crippen LogP contribution < -0.4 is 5.32 Å². The van der Waals surface area contributed by atoms with Crippen molar-refractivity contribution in [2.24, 2.45) is 7.05 Å². The van der Waals surface area contributed by atoms with Crippen LogP contribution in [0.15, 0.2) is 35.5 Å². The number of nitrogens with zero attached hydrogens (tertiary/aromatic N) is 3. The van der Waals surface area contributed by atoms with Crippen LogP contribution in [0.4, 0.5) is 5.69 Å². The summed E-state index contributed by atoms with van der Waals surface area (Å²) in [6.07, 6.45) is 3.77. The molecule has 2 aromatic rings. The Kier molecular flexibility index (Phi) is 3.46. The zero-order valence-corrected chi connectivity index (χ0v) is 10.2. The predicted octanol–water partition coefficient (Wildman–Crippen LogP) is 2.15. The number of hydrogen-bond acceptors (Lipinski definition) is 4. The molecule has 0 bridgehead atoms. The number of nitrogens with one attached hydrogen (secondary N) is 1. The van der Waals surface area contributed by atoms with Gasteiger partial charge in [-0.3, -0.25) is 0 Å². The molecule has 84 valence electrons. The van der Waals surface area contributed by atoms with Crippen LogP contribution in [0.25, 0.3) is 0 Å². The number of thioether (sulfide) groups is 1. The summed E-state index contributed by atoms with van der Waals surface area (Å²) in [7, 11) is 1.94. The molecule has 0 spiro atoms. The number of benzene rings is 1. The van der Waals surface area contributed by atoms with Crippen LogP contribution in [0.5, 0.6) is 0 Å². The van der Waals surface area contributed by atoms with Crippen molar-refractivity contribution in [3.05, 3.63) is 36.4 Å². The lowest BCUT2D eigenvalue weighted by atomic mass is 10.3. The van der Waals surface area contributed by atoms with E-state index in [4.69, 9.17) is 0 Å². The minimum atomic E-state index is 0.689. The Labute approximate surface area is 99.1 Å². The molecule has 0 fully saturated rings. The highest BCUT2D eigenvalue weighted by atomic mass is 32.2. The molecular formula is C11H14N4S. The van der Waals surface area contributed by atoms with Crippen LogP contribution in [0.3, 0.4) is 0 Å². The summed E-state index contributed by atoms with van der Waals surface area (Å²) in [4.78, 5) is 1.25. The van der Waals surface area contributed by atoms with Gasteiger partial charge >= 0.3 is 0 Å². The van der Waals surface area contributed by atoms with E-state index >= 15 is 0 Å². The SMILES string of the molecule is CSc1cccc(NCc2nncn2C)c1. The van der Waals surface area contributed by atoms with Crippen molar-refractivity contribution in [3.8, 4) is 0 Å². The highest BCUT2D eigenvalue weighted by Crippen LogP contribution is 2.19. The molecule has 4 nitrogen and oxygen atoms in total. The Bertz CT molecular complexity index is 467. The Hall–Kier alpha value is -1.49. The minimum Gasteiger partial charge on any atom is -0.378 e. The Morgan fingerprint density at radius 2 is 2.31 bits per heavy atom. The third kappa shape index (κ3) is 2.55. The molecule has 0 saturated carbocycles. The Balaban J connectivity index is 2.02. The first kappa shape index (κ1) is 11.0. The standard InChI is InChI=1S/C11H14N4S/c1-15-8-13-14-11(15)7-12-9-4-3-5-10(6-9)16-2/h3-6,8,12H,7H2,1-2H3. The van der Waals surface area contributed by atoms with E-state index in [1.54, 1.807) is 18.1 Å². The molecule has 0 aliphatic heterocycles. The monoisotopic (exact) mass is 234 g/mol. The van der Waals surface area contributed by atoms with Crippen LogP contribution in [-0.2, 0) is 13.6 Å². The van der Waals surface area contributed by atoms with Gasteiger partial charge in [0, 0.05) is 17.6 Å². The zero-order chi connectivity index (χ0) is 11.4. The smallest absolute Gasteiger partial charge is 0.151 e. The van der Waals surface area contributed by atoms with Crippen molar-refractivity contribution in [2.75, 3.05) is 11.6 Å². The third-order valence-electron chi connectivity index (χ3n) is 2.33. The van der Waals surface area contributed by atoms with Gasteiger partial charge in [-0.1, -0.05) is 6.07 Å². The normalized spacial score (nSPS) is 10.4. The number of aryl methyl sites for hydroxylation is 1. The fourth-order valence-corrected chi connectivity index (χ4v) is 1.84. The zero-order valence-electron chi connectivity index (χ0n) is 9.34. The van der Waals surface area contributed by atoms with E-state index in [2.05, 4.69) is 40.0 Å². The second-order valence-electron chi connectivity index (χ2n) is 3.44. The largest absolute Gasteiger partial charge is 0.378 e. The van der Waals surface area contributed by atoms with Crippen molar-refractivity contribution in [2.45, 2.75) is 11.4 Å². The van der Waals surface area contributed by atoms with Gasteiger partial charge in [-0.15, -0.1) is 22.0 Å². The van der Waals surface area contributed by atoms with Crippen LogP contribution in [-0.4, -0.2) is 21.0 Å². The molecule has 0 aliphatic rings. The van der Waals surface area contributed by atoms with Gasteiger partial charge in [-0.2, -0.15) is 0 Å². The van der Waals surface area contributed by atoms with Gasteiger partial charge in [0.15, 0.2) is 5.82 Å². The van der Waals surface area contributed by atoms with E-state index < -0.39 is 0 Å². The Morgan fingerprint density at radius 1 is 1.44 bits per heavy atom. The van der Waals surface area contributed by atoms with Gasteiger partial charge in [-0.05, 0) is 24.5 Å². The van der Waals surface area contributed by atoms with E-state index in [1.807, 2.05) is 17.7 Å². The van der Waals surface area contributed by atoms with Gasteiger partial charge in [-0.25, -0.2) is 0 Å². The molecular weight excluding hydrogens is 220 g/mol. The first-order valence-electron chi connectivity index (χ1n) is 5.00. The molecule has 16 heavy (non-hydrogen) atoms. The van der Waals surface area contributed by atoms with Crippen molar-refractivity contribution in [1.82, 2.24) is 14.8 Å². The second-order valence-corrected chi connectivity index (χ2v) is 4.32. The molecule has 0 aliphatic carbocycles. The lowest BCUT2D eigenvalue weighted by Crippen LogP contribution is -2.05. The second kappa shape index (κ2) is 5.03. The summed E-state index contributed by atoms with van der Waals surface area (Å²) in [5, 5.41) is 11.2. The van der Waals surface area contributed by atoms with E-state index in [0.29, 0.717) is 6.54 Å². The van der Waals surface area contributed by atoms with Crippen LogP contribution in [0, 0.1) is 0 Å². The molecule has 1 aromatic heterocycles. The molecule has 0 radical (unpaired) electrons. The topological polar surface area (TPSA) is 42.7 Å². The summed E-state index contributed by atoms with van der Waals surface area (Å²) in [6, 6.07) is 8.32. The quantitative estimate of drug-likeness (QED) is 0.823. The van der Waals surface area contributed by atoms with Gasteiger partial charge in [0.25, 0.3) is 0 Å². The maximum atomic E-state index is 4.02. The van der Waals surface area contributed by atoms with Gasteiger partial charge in [0.1, 0.15) is 6.33 Å². The van der Waals surface area contributed by atoms with Crippen molar-refractivity contribution >= 4 is 17.4 Å². The van der Waals surface area contributed by atoms with Crippen molar-refractivity contribution < 1.29 is 0 Å². The number of hydrogen-bond donors (Lipinski definition) is 1. The lowest BCUT2D eigenvalue weighted by molar-refractivity contribution is 0.812. The first-order chi connectivity index (χ1) is 7.79. The molecule has 1 N–H and O–H groups in total. The van der Waals surface area contributed by atoms with Gasteiger partial charge < -0.3 is 9.88 Å². The third-order valence-corrected chi connectivity index (χ3v) is 3.05. The molecule has 0 amide bonds. The summed E-state index contributed by atoms with van der Waals surface area (Å²) < 4.78 is 1.91. The highest BCUT2D eigenvalue weighted by molar-refractivity contribution is 7.98. The molecule has 2 rings (SSSR count). The fourth-order valence-electron chi connectivity index (χ4n) is 1.38. The van der Waals surface area contributed by atoms with E-state index in [-0.39, 0.29) is 0 Å². The van der Waals surface area contributed by atoms with Crippen LogP contribution in [0.1, 0.15) is 5.82 Å². The van der Waals surface area contributed by atoms with Gasteiger partial charge in [0.2, 0.25) is 0 Å². The molecule has 0 unspecified atom stereocenters. The van der Waals surface area contributed by atoms with Crippen LogP contribution >= 0.6 is 11.8 Å². The maximum Gasteiger partial charge on any atom is 0.151 e. The molecule has 0 atom stereocenters. The number of aromatic nitrogens is 3. The summed E-state index contributed by atoms with van der Waals surface area (Å²) in [6.45, 7) is 0.689. The number of rotatable bonds is 4. The number of anilines is 1. The lowest BCUT2D eigenvalue weighted by Gasteiger charge is -2.06. The fraction of sp³-hybridized carbons (Fsp3) is 0.273. The summed E-state index contributed by atoms with van der Waals surface area (Å²) in [5.41, 5.74) is 1.11. The van der Waals surface area contributed by atoms with Crippen molar-refractivity contribution in [3.63, 3.8) is 0 Å². The molecule has 1 heterocycles. The van der Waals surface area contributed by atoms with E-state index in [1.165, 1.54) is 4.90 Å². The van der Waals surface area contributed by atoms with E-state index in [0.717, 1.165) is 11.5 Å². The maximum absolute atomic E-state index is 4.02. The highest BCUT2D eigenvalue weighted by Gasteiger charge is 2.00. The van der Waals surface area contributed by atoms with Crippen molar-refractivity contribution in [1.29, 1.82) is 0 Å². The first-order valence-corrected chi connectivity index (χ1v) is 6.23. The molecule has 5 heteroatoms. The van der Waals surface area contributed by atoms with Crippen LogP contribution in [0.2, 0.25) is 0 Å². The molecule has 0 saturated heterocycles. The minimum absolute atomic E-state index is 0.689. The summed E-state index contributed by atoms with van der Waals surface area (Å²) >= 11 is 1.74. The average Bonchev–Trinajstić information content (AvgIpc) is 2.72. The van der Waals surface area contributed by atoms with E-state index in [9.17, 15) is 0 Å². The Morgan fingerprint density at radius 3 is 3.00 bits per heavy atom. The predicted molar refractivity (Wildman–Crippen MR) is 66.6 cm³/mol. The average molecular weight is 234 g/mol. The summed E-state index contributed by atoms with van der Waals surface area (Å²) in [5.74, 6) is 0.926. The van der Waals surface area contributed by atoms with Gasteiger partial charge in [0.05, 0.1) is 6.54 Å². The molecule has 1 aromatic carbocycles.